The largest absolute Gasteiger partial charge is 0.350 e. The molecule has 1 amide bonds. The van der Waals surface area contributed by atoms with Crippen molar-refractivity contribution in [1.29, 1.82) is 0 Å². The minimum Gasteiger partial charge on any atom is -0.350 e. The molecule has 2 aromatic rings. The van der Waals surface area contributed by atoms with E-state index in [1.807, 2.05) is 35.2 Å². The number of benzene rings is 1. The molecule has 0 saturated heterocycles. The molecular weight excluding hydrogens is 298 g/mol. The first-order valence-corrected chi connectivity index (χ1v) is 8.75. The Morgan fingerprint density at radius 2 is 2.08 bits per heavy atom. The lowest BCUT2D eigenvalue weighted by Gasteiger charge is -2.29. The number of aromatic nitrogens is 2. The van der Waals surface area contributed by atoms with Crippen molar-refractivity contribution in [3.8, 4) is 0 Å². The van der Waals surface area contributed by atoms with Crippen LogP contribution in [0.15, 0.2) is 48.8 Å². The van der Waals surface area contributed by atoms with Crippen molar-refractivity contribution < 1.29 is 4.79 Å². The fraction of sp³-hybridized carbons (Fsp3) is 0.400. The minimum atomic E-state index is -0.00967. The van der Waals surface area contributed by atoms with Crippen LogP contribution in [0.5, 0.6) is 0 Å². The Balaban J connectivity index is 1.53. The Morgan fingerprint density at radius 1 is 1.29 bits per heavy atom. The van der Waals surface area contributed by atoms with E-state index >= 15 is 0 Å². The molecule has 126 valence electrons. The summed E-state index contributed by atoms with van der Waals surface area (Å²) < 4.78 is 1.89. The lowest BCUT2D eigenvalue weighted by molar-refractivity contribution is -0.117. The van der Waals surface area contributed by atoms with Crippen LogP contribution < -0.4 is 5.32 Å². The highest BCUT2D eigenvalue weighted by molar-refractivity contribution is 5.91. The maximum Gasteiger partial charge on any atom is 0.244 e. The lowest BCUT2D eigenvalue weighted by atomic mass is 9.86. The Labute approximate surface area is 143 Å². The molecule has 0 bridgehead atoms. The first-order valence-electron chi connectivity index (χ1n) is 8.75. The lowest BCUT2D eigenvalue weighted by Crippen LogP contribution is -2.40. The highest BCUT2D eigenvalue weighted by Gasteiger charge is 2.21. The molecule has 1 aromatic carbocycles. The van der Waals surface area contributed by atoms with E-state index in [9.17, 15) is 4.79 Å². The molecule has 0 unspecified atom stereocenters. The Hall–Kier alpha value is -2.36. The molecule has 1 aliphatic carbocycles. The number of nitrogens with zero attached hydrogens (tertiary/aromatic N) is 2. The van der Waals surface area contributed by atoms with E-state index in [4.69, 9.17) is 0 Å². The van der Waals surface area contributed by atoms with Gasteiger partial charge in [-0.15, -0.1) is 0 Å². The van der Waals surface area contributed by atoms with Crippen LogP contribution >= 0.6 is 0 Å². The molecule has 4 nitrogen and oxygen atoms in total. The minimum absolute atomic E-state index is 0.00967. The summed E-state index contributed by atoms with van der Waals surface area (Å²) in [4.78, 5) is 12.1. The maximum absolute atomic E-state index is 12.1. The zero-order chi connectivity index (χ0) is 16.8. The van der Waals surface area contributed by atoms with Gasteiger partial charge in [0.05, 0.1) is 12.7 Å². The van der Waals surface area contributed by atoms with Crippen molar-refractivity contribution in [2.45, 2.75) is 45.2 Å². The van der Waals surface area contributed by atoms with Crippen molar-refractivity contribution in [2.75, 3.05) is 0 Å². The number of carbonyl (C=O) groups is 1. The van der Waals surface area contributed by atoms with E-state index in [1.165, 1.54) is 24.8 Å². The number of carbonyl (C=O) groups excluding carboxylic acids is 1. The topological polar surface area (TPSA) is 46.9 Å². The second-order valence-electron chi connectivity index (χ2n) is 6.67. The molecule has 1 heterocycles. The summed E-state index contributed by atoms with van der Waals surface area (Å²) in [5, 5.41) is 7.48. The zero-order valence-electron chi connectivity index (χ0n) is 14.2. The van der Waals surface area contributed by atoms with Crippen molar-refractivity contribution in [1.82, 2.24) is 15.1 Å². The van der Waals surface area contributed by atoms with Crippen LogP contribution in [-0.4, -0.2) is 21.7 Å². The molecule has 1 aromatic heterocycles. The van der Waals surface area contributed by atoms with Gasteiger partial charge < -0.3 is 5.32 Å². The standard InChI is InChI=1S/C20H25N3O/c1-16-7-5-6-10-19(16)22-20(24)12-11-18-13-21-23(15-18)14-17-8-3-2-4-9-17/h2-4,8-9,11-13,15-16,19H,5-7,10,14H2,1H3,(H,22,24)/b12-11+/t16-,19+/m1/s1. The van der Waals surface area contributed by atoms with E-state index in [2.05, 4.69) is 29.5 Å². The number of hydrogen-bond acceptors (Lipinski definition) is 2. The fourth-order valence-corrected chi connectivity index (χ4v) is 3.26. The van der Waals surface area contributed by atoms with Gasteiger partial charge in [0.1, 0.15) is 0 Å². The molecule has 1 N–H and O–H groups in total. The van der Waals surface area contributed by atoms with Gasteiger partial charge in [-0.25, -0.2) is 0 Å². The van der Waals surface area contributed by atoms with Gasteiger partial charge in [-0.2, -0.15) is 5.10 Å². The molecule has 24 heavy (non-hydrogen) atoms. The Bertz CT molecular complexity index is 690. The van der Waals surface area contributed by atoms with Crippen LogP contribution in [0, 0.1) is 5.92 Å². The summed E-state index contributed by atoms with van der Waals surface area (Å²) in [7, 11) is 0. The third-order valence-electron chi connectivity index (χ3n) is 4.71. The van der Waals surface area contributed by atoms with Gasteiger partial charge in [-0.05, 0) is 30.4 Å². The first-order chi connectivity index (χ1) is 11.7. The van der Waals surface area contributed by atoms with Gasteiger partial charge in [0.15, 0.2) is 0 Å². The molecule has 0 spiro atoms. The van der Waals surface area contributed by atoms with Crippen molar-refractivity contribution >= 4 is 12.0 Å². The smallest absolute Gasteiger partial charge is 0.244 e. The predicted octanol–water partition coefficient (Wildman–Crippen LogP) is 3.64. The van der Waals surface area contributed by atoms with Gasteiger partial charge in [-0.1, -0.05) is 50.1 Å². The second-order valence-corrected chi connectivity index (χ2v) is 6.67. The number of hydrogen-bond donors (Lipinski definition) is 1. The van der Waals surface area contributed by atoms with Gasteiger partial charge >= 0.3 is 0 Å². The number of nitrogens with one attached hydrogen (secondary N) is 1. The Morgan fingerprint density at radius 3 is 2.88 bits per heavy atom. The van der Waals surface area contributed by atoms with Gasteiger partial charge in [-0.3, -0.25) is 9.48 Å². The van der Waals surface area contributed by atoms with Crippen molar-refractivity contribution in [3.05, 3.63) is 59.9 Å². The van der Waals surface area contributed by atoms with Crippen molar-refractivity contribution in [3.63, 3.8) is 0 Å². The quantitative estimate of drug-likeness (QED) is 0.854. The molecule has 2 atom stereocenters. The van der Waals surface area contributed by atoms with Gasteiger partial charge in [0, 0.05) is 23.9 Å². The number of amides is 1. The van der Waals surface area contributed by atoms with Crippen molar-refractivity contribution in [2.24, 2.45) is 5.92 Å². The highest BCUT2D eigenvalue weighted by atomic mass is 16.1. The van der Waals surface area contributed by atoms with Crippen LogP contribution in [0.25, 0.3) is 6.08 Å². The third kappa shape index (κ3) is 4.57. The molecular formula is C20H25N3O. The summed E-state index contributed by atoms with van der Waals surface area (Å²) in [5.74, 6) is 0.564. The zero-order valence-corrected chi connectivity index (χ0v) is 14.2. The van der Waals surface area contributed by atoms with Crippen LogP contribution in [0.1, 0.15) is 43.7 Å². The second kappa shape index (κ2) is 7.95. The molecule has 3 rings (SSSR count). The van der Waals surface area contributed by atoms with E-state index < -0.39 is 0 Å². The molecule has 0 radical (unpaired) electrons. The molecule has 0 aliphatic heterocycles. The molecule has 1 fully saturated rings. The molecule has 1 aliphatic rings. The summed E-state index contributed by atoms with van der Waals surface area (Å²) in [6.07, 6.45) is 12.0. The average molecular weight is 323 g/mol. The monoisotopic (exact) mass is 323 g/mol. The van der Waals surface area contributed by atoms with Crippen LogP contribution in [0.2, 0.25) is 0 Å². The average Bonchev–Trinajstić information content (AvgIpc) is 3.03. The van der Waals surface area contributed by atoms with Gasteiger partial charge in [0.2, 0.25) is 5.91 Å². The normalized spacial score (nSPS) is 21.0. The summed E-state index contributed by atoms with van der Waals surface area (Å²) in [6.45, 7) is 2.96. The van der Waals surface area contributed by atoms with E-state index in [0.717, 1.165) is 18.5 Å². The summed E-state index contributed by atoms with van der Waals surface area (Å²) >= 11 is 0. The van der Waals surface area contributed by atoms with E-state index in [1.54, 1.807) is 12.3 Å². The number of rotatable bonds is 5. The molecule has 4 heteroatoms. The van der Waals surface area contributed by atoms with E-state index in [0.29, 0.717) is 12.0 Å². The predicted molar refractivity (Wildman–Crippen MR) is 96.4 cm³/mol. The Kier molecular flexibility index (Phi) is 5.47. The maximum atomic E-state index is 12.1. The van der Waals surface area contributed by atoms with Crippen LogP contribution in [-0.2, 0) is 11.3 Å². The highest BCUT2D eigenvalue weighted by Crippen LogP contribution is 2.23. The molecule has 1 saturated carbocycles. The van der Waals surface area contributed by atoms with Gasteiger partial charge in [0.25, 0.3) is 0 Å². The summed E-state index contributed by atoms with van der Waals surface area (Å²) in [5.41, 5.74) is 2.15. The summed E-state index contributed by atoms with van der Waals surface area (Å²) in [6, 6.07) is 10.5. The SMILES string of the molecule is C[C@@H]1CCCC[C@@H]1NC(=O)/C=C/c1cnn(Cc2ccccc2)c1. The fourth-order valence-electron chi connectivity index (χ4n) is 3.26. The van der Waals surface area contributed by atoms with Crippen LogP contribution in [0.3, 0.4) is 0 Å². The first kappa shape index (κ1) is 16.5. The van der Waals surface area contributed by atoms with Crippen LogP contribution in [0.4, 0.5) is 0 Å². The third-order valence-corrected chi connectivity index (χ3v) is 4.71. The van der Waals surface area contributed by atoms with E-state index in [-0.39, 0.29) is 5.91 Å².